The molecular weight excluding hydrogens is 500 g/mol. The van der Waals surface area contributed by atoms with Crippen LogP contribution in [0.1, 0.15) is 44.1 Å². The van der Waals surface area contributed by atoms with E-state index in [9.17, 15) is 14.7 Å². The van der Waals surface area contributed by atoms with Gasteiger partial charge < -0.3 is 9.84 Å². The van der Waals surface area contributed by atoms with Crippen LogP contribution < -0.4 is 10.2 Å². The molecule has 5 aliphatic rings. The van der Waals surface area contributed by atoms with E-state index in [0.29, 0.717) is 42.8 Å². The van der Waals surface area contributed by atoms with Gasteiger partial charge >= 0.3 is 0 Å². The number of carbonyl (C=O) groups excluding carboxylic acids is 2. The van der Waals surface area contributed by atoms with E-state index in [1.165, 1.54) is 37.4 Å². The summed E-state index contributed by atoms with van der Waals surface area (Å²) in [5.41, 5.74) is 3.18. The molecule has 9 heteroatoms. The van der Waals surface area contributed by atoms with Crippen LogP contribution >= 0.6 is 39.9 Å². The summed E-state index contributed by atoms with van der Waals surface area (Å²) in [4.78, 5) is 26.8. The van der Waals surface area contributed by atoms with Gasteiger partial charge in [-0.1, -0.05) is 27.7 Å². The number of thioether (sulfide) groups is 1. The molecule has 0 spiro atoms. The van der Waals surface area contributed by atoms with E-state index in [2.05, 4.69) is 21.4 Å². The summed E-state index contributed by atoms with van der Waals surface area (Å²) < 4.78 is 6.09. The summed E-state index contributed by atoms with van der Waals surface area (Å²) in [6.45, 7) is 0. The summed E-state index contributed by atoms with van der Waals surface area (Å²) in [7, 11) is 1.46. The van der Waals surface area contributed by atoms with Gasteiger partial charge in [0.15, 0.2) is 15.8 Å². The van der Waals surface area contributed by atoms with Gasteiger partial charge in [-0.3, -0.25) is 15.0 Å². The van der Waals surface area contributed by atoms with Crippen LogP contribution in [0.15, 0.2) is 21.5 Å². The second-order valence-corrected chi connectivity index (χ2v) is 11.7. The third-order valence-electron chi connectivity index (χ3n) is 7.11. The largest absolute Gasteiger partial charge is 0.504 e. The van der Waals surface area contributed by atoms with Gasteiger partial charge in [0.25, 0.3) is 5.91 Å². The van der Waals surface area contributed by atoms with Gasteiger partial charge in [0.2, 0.25) is 5.91 Å². The number of thiocarbonyl (C=S) groups is 1. The third-order valence-corrected chi connectivity index (χ3v) is 9.10. The van der Waals surface area contributed by atoms with E-state index >= 15 is 0 Å². The number of aromatic hydroxyl groups is 1. The first-order valence-corrected chi connectivity index (χ1v) is 12.5. The standard InChI is InChI=1S/C22H23BrN2O4S2/c1-29-17-5-14(15(23)7-16(17)26)6-18-19(27)25(21(30)31-18)24-20(28)22-8-11-2-12(9-22)4-13(3-11)10-22/h5-7,11-13,26H,2-4,8-10H2,1H3,(H,24,28)/b18-6-. The number of phenolic OH excluding ortho intramolecular Hbond substituents is 1. The molecule has 1 aromatic rings. The van der Waals surface area contributed by atoms with Crippen molar-refractivity contribution in [2.75, 3.05) is 7.11 Å². The molecular formula is C22H23BrN2O4S2. The minimum Gasteiger partial charge on any atom is -0.504 e. The first kappa shape index (κ1) is 21.3. The lowest BCUT2D eigenvalue weighted by Crippen LogP contribution is -2.57. The smallest absolute Gasteiger partial charge is 0.285 e. The Hall–Kier alpha value is -1.58. The van der Waals surface area contributed by atoms with Crippen molar-refractivity contribution in [3.63, 3.8) is 0 Å². The Balaban J connectivity index is 1.35. The van der Waals surface area contributed by atoms with Crippen LogP contribution in [-0.4, -0.2) is 33.4 Å². The lowest BCUT2D eigenvalue weighted by Gasteiger charge is -2.55. The first-order chi connectivity index (χ1) is 14.8. The summed E-state index contributed by atoms with van der Waals surface area (Å²) >= 11 is 9.96. The molecule has 6 rings (SSSR count). The van der Waals surface area contributed by atoms with Crippen molar-refractivity contribution in [1.82, 2.24) is 10.4 Å². The van der Waals surface area contributed by atoms with Gasteiger partial charge in [-0.2, -0.15) is 5.01 Å². The Morgan fingerprint density at radius 2 is 1.90 bits per heavy atom. The van der Waals surface area contributed by atoms with Crippen molar-refractivity contribution < 1.29 is 19.4 Å². The summed E-state index contributed by atoms with van der Waals surface area (Å²) in [6.07, 6.45) is 8.22. The molecule has 1 saturated heterocycles. The fourth-order valence-corrected chi connectivity index (χ4v) is 7.76. The normalized spacial score (nSPS) is 32.8. The maximum absolute atomic E-state index is 13.3. The van der Waals surface area contributed by atoms with Gasteiger partial charge in [-0.25, -0.2) is 0 Å². The Labute approximate surface area is 198 Å². The molecule has 6 nitrogen and oxygen atoms in total. The number of carbonyl (C=O) groups is 2. The number of ether oxygens (including phenoxy) is 1. The van der Waals surface area contributed by atoms with Crippen LogP contribution in [0, 0.1) is 23.2 Å². The van der Waals surface area contributed by atoms with E-state index in [1.807, 2.05) is 0 Å². The van der Waals surface area contributed by atoms with Crippen molar-refractivity contribution in [3.8, 4) is 11.5 Å². The van der Waals surface area contributed by atoms with Gasteiger partial charge in [0.05, 0.1) is 17.4 Å². The lowest BCUT2D eigenvalue weighted by atomic mass is 9.49. The molecule has 5 fully saturated rings. The average molecular weight is 523 g/mol. The number of phenols is 1. The van der Waals surface area contributed by atoms with Gasteiger partial charge in [-0.15, -0.1) is 0 Å². The Morgan fingerprint density at radius 1 is 1.29 bits per heavy atom. The van der Waals surface area contributed by atoms with Gasteiger partial charge in [0.1, 0.15) is 0 Å². The maximum atomic E-state index is 13.3. The third kappa shape index (κ3) is 3.68. The summed E-state index contributed by atoms with van der Waals surface area (Å²) in [5, 5.41) is 11.1. The minimum atomic E-state index is -0.352. The van der Waals surface area contributed by atoms with Crippen LogP contribution in [0.4, 0.5) is 0 Å². The highest BCUT2D eigenvalue weighted by molar-refractivity contribution is 9.10. The minimum absolute atomic E-state index is 0.00177. The molecule has 4 saturated carbocycles. The zero-order chi connectivity index (χ0) is 21.9. The number of halogens is 1. The lowest BCUT2D eigenvalue weighted by molar-refractivity contribution is -0.152. The molecule has 164 valence electrons. The number of nitrogens with one attached hydrogen (secondary N) is 1. The fourth-order valence-electron chi connectivity index (χ4n) is 6.15. The average Bonchev–Trinajstić information content (AvgIpc) is 2.96. The molecule has 0 aromatic heterocycles. The van der Waals surface area contributed by atoms with Crippen molar-refractivity contribution in [3.05, 3.63) is 27.1 Å². The molecule has 0 radical (unpaired) electrons. The highest BCUT2D eigenvalue weighted by Crippen LogP contribution is 2.60. The molecule has 31 heavy (non-hydrogen) atoms. The molecule has 0 unspecified atom stereocenters. The topological polar surface area (TPSA) is 78.9 Å². The van der Waals surface area contributed by atoms with Crippen molar-refractivity contribution >= 4 is 62.1 Å². The van der Waals surface area contributed by atoms with Crippen molar-refractivity contribution in [1.29, 1.82) is 0 Å². The number of hydrogen-bond donors (Lipinski definition) is 2. The molecule has 1 aliphatic heterocycles. The quantitative estimate of drug-likeness (QED) is 0.443. The number of nitrogens with zero attached hydrogens (tertiary/aromatic N) is 1. The Morgan fingerprint density at radius 3 is 2.48 bits per heavy atom. The second kappa shape index (κ2) is 7.78. The molecule has 4 bridgehead atoms. The SMILES string of the molecule is COc1cc(/C=C2\SC(=S)N(NC(=O)C34CC5CC(CC(C5)C3)C4)C2=O)c(Br)cc1O. The number of amides is 2. The van der Waals surface area contributed by atoms with Crippen LogP contribution in [0.2, 0.25) is 0 Å². The summed E-state index contributed by atoms with van der Waals surface area (Å²) in [5.74, 6) is 1.84. The van der Waals surface area contributed by atoms with Gasteiger partial charge in [-0.05, 0) is 92.3 Å². The second-order valence-electron chi connectivity index (χ2n) is 9.20. The molecule has 2 amide bonds. The number of hydrazine groups is 1. The first-order valence-electron chi connectivity index (χ1n) is 10.4. The predicted molar refractivity (Wildman–Crippen MR) is 126 cm³/mol. The highest BCUT2D eigenvalue weighted by atomic mass is 79.9. The Kier molecular flexibility index (Phi) is 5.34. The van der Waals surface area contributed by atoms with Gasteiger partial charge in [0, 0.05) is 4.47 Å². The molecule has 4 aliphatic carbocycles. The number of methoxy groups -OCH3 is 1. The maximum Gasteiger partial charge on any atom is 0.285 e. The molecule has 0 atom stereocenters. The highest BCUT2D eigenvalue weighted by Gasteiger charge is 2.55. The molecule has 2 N–H and O–H groups in total. The predicted octanol–water partition coefficient (Wildman–Crippen LogP) is 4.61. The zero-order valence-electron chi connectivity index (χ0n) is 17.0. The fraction of sp³-hybridized carbons (Fsp3) is 0.500. The number of hydrogen-bond acceptors (Lipinski definition) is 6. The molecule has 1 aromatic carbocycles. The van der Waals surface area contributed by atoms with Crippen LogP contribution in [0.3, 0.4) is 0 Å². The van der Waals surface area contributed by atoms with E-state index in [0.717, 1.165) is 31.0 Å². The van der Waals surface area contributed by atoms with Crippen LogP contribution in [0.5, 0.6) is 11.5 Å². The molecule has 1 heterocycles. The Bertz CT molecular complexity index is 990. The van der Waals surface area contributed by atoms with Crippen LogP contribution in [0.25, 0.3) is 6.08 Å². The van der Waals surface area contributed by atoms with E-state index in [4.69, 9.17) is 17.0 Å². The zero-order valence-corrected chi connectivity index (χ0v) is 20.2. The van der Waals surface area contributed by atoms with E-state index in [-0.39, 0.29) is 23.0 Å². The number of benzene rings is 1. The van der Waals surface area contributed by atoms with E-state index in [1.54, 1.807) is 12.1 Å². The number of rotatable bonds is 4. The van der Waals surface area contributed by atoms with Crippen molar-refractivity contribution in [2.45, 2.75) is 38.5 Å². The van der Waals surface area contributed by atoms with E-state index < -0.39 is 0 Å². The monoisotopic (exact) mass is 522 g/mol. The summed E-state index contributed by atoms with van der Waals surface area (Å²) in [6, 6.07) is 3.15. The van der Waals surface area contributed by atoms with Crippen LogP contribution in [-0.2, 0) is 9.59 Å². The van der Waals surface area contributed by atoms with Crippen molar-refractivity contribution in [2.24, 2.45) is 23.2 Å².